The minimum atomic E-state index is -1.14. The molecule has 6 aromatic heterocycles. The van der Waals surface area contributed by atoms with Crippen molar-refractivity contribution in [3.63, 3.8) is 0 Å². The van der Waals surface area contributed by atoms with E-state index in [1.165, 1.54) is 44.9 Å². The van der Waals surface area contributed by atoms with Crippen molar-refractivity contribution in [3.05, 3.63) is 74.1 Å². The van der Waals surface area contributed by atoms with Crippen LogP contribution in [-0.2, 0) is 43.5 Å². The Hall–Kier alpha value is -5.72. The number of amides is 1. The lowest BCUT2D eigenvalue weighted by atomic mass is 9.82. The van der Waals surface area contributed by atoms with Crippen LogP contribution in [0.5, 0.6) is 0 Å². The highest BCUT2D eigenvalue weighted by Gasteiger charge is 2.48. The van der Waals surface area contributed by atoms with Crippen LogP contribution >= 0.6 is 0 Å². The molecule has 0 aromatic carbocycles. The predicted octanol–water partition coefficient (Wildman–Crippen LogP) is 11.8. The van der Waals surface area contributed by atoms with E-state index in [1.807, 2.05) is 42.6 Å². The van der Waals surface area contributed by atoms with Gasteiger partial charge >= 0.3 is 6.09 Å². The van der Waals surface area contributed by atoms with Crippen LogP contribution in [0.3, 0.4) is 0 Å². The largest absolute Gasteiger partial charge is 0.444 e. The van der Waals surface area contributed by atoms with Gasteiger partial charge in [0.15, 0.2) is 0 Å². The molecule has 6 aromatic rings. The molecule has 0 radical (unpaired) electrons. The number of ether oxygens (including phenoxy) is 4. The Labute approximate surface area is 488 Å². The van der Waals surface area contributed by atoms with Crippen LogP contribution in [0.2, 0.25) is 51.4 Å². The van der Waals surface area contributed by atoms with Crippen LogP contribution in [0.25, 0.3) is 44.6 Å². The van der Waals surface area contributed by atoms with Crippen molar-refractivity contribution in [1.82, 2.24) is 52.9 Å². The summed E-state index contributed by atoms with van der Waals surface area (Å²) >= 11 is 0. The molecular formula is C62H91N13O5Si2. The van der Waals surface area contributed by atoms with Gasteiger partial charge in [-0.15, -0.1) is 0 Å². The molecule has 5 fully saturated rings. The average molecular weight is 1150 g/mol. The molecule has 11 rings (SSSR count). The predicted molar refractivity (Wildman–Crippen MR) is 327 cm³/mol. The number of hydrogen-bond donors (Lipinski definition) is 0. The molecule has 82 heavy (non-hydrogen) atoms. The highest BCUT2D eigenvalue weighted by Crippen LogP contribution is 2.41. The van der Waals surface area contributed by atoms with Gasteiger partial charge in [0.05, 0.1) is 47.4 Å². The Morgan fingerprint density at radius 2 is 1.09 bits per heavy atom. The zero-order chi connectivity index (χ0) is 58.1. The third kappa shape index (κ3) is 15.1. The van der Waals surface area contributed by atoms with Gasteiger partial charge in [-0.25, -0.2) is 24.7 Å². The summed E-state index contributed by atoms with van der Waals surface area (Å²) in [6.07, 6.45) is 27.6. The minimum Gasteiger partial charge on any atom is -0.444 e. The molecule has 1 amide bonds. The van der Waals surface area contributed by atoms with E-state index in [2.05, 4.69) is 144 Å². The summed E-state index contributed by atoms with van der Waals surface area (Å²) in [5, 5.41) is 21.4. The second-order valence-corrected chi connectivity index (χ2v) is 38.3. The number of hydrogen-bond acceptors (Lipinski definition) is 13. The molecular weight excluding hydrogens is 1060 g/mol. The van der Waals surface area contributed by atoms with E-state index in [0.29, 0.717) is 51.5 Å². The van der Waals surface area contributed by atoms with Gasteiger partial charge in [-0.2, -0.15) is 10.5 Å². The maximum Gasteiger partial charge on any atom is 0.410 e. The highest BCUT2D eigenvalue weighted by molar-refractivity contribution is 6.76. The summed E-state index contributed by atoms with van der Waals surface area (Å²) in [4.78, 5) is 37.8. The van der Waals surface area contributed by atoms with E-state index >= 15 is 0 Å². The van der Waals surface area contributed by atoms with Crippen molar-refractivity contribution >= 4 is 44.3 Å². The summed E-state index contributed by atoms with van der Waals surface area (Å²) in [6.45, 7) is 29.3. The fourth-order valence-electron chi connectivity index (χ4n) is 12.1. The Balaban J connectivity index is 0.000000184. The molecule has 1 aliphatic carbocycles. The number of aromatic nitrogens is 8. The Morgan fingerprint density at radius 1 is 0.634 bits per heavy atom. The molecule has 18 nitrogen and oxygen atoms in total. The molecule has 0 atom stereocenters. The molecule has 0 unspecified atom stereocenters. The summed E-state index contributed by atoms with van der Waals surface area (Å²) in [5.41, 5.74) is 4.78. The fourth-order valence-corrected chi connectivity index (χ4v) is 13.6. The fraction of sp³-hybridized carbons (Fsp3) is 0.629. The highest BCUT2D eigenvalue weighted by atomic mass is 28.3. The Bertz CT molecular complexity index is 3110. The molecule has 0 bridgehead atoms. The number of carbonyl (C=O) groups excluding carboxylic acids is 1. The number of carbonyl (C=O) groups is 1. The van der Waals surface area contributed by atoms with Crippen LogP contribution in [0.15, 0.2) is 74.1 Å². The molecule has 4 saturated heterocycles. The molecule has 20 heteroatoms. The zero-order valence-corrected chi connectivity index (χ0v) is 52.6. The van der Waals surface area contributed by atoms with Crippen molar-refractivity contribution in [3.8, 4) is 34.7 Å². The van der Waals surface area contributed by atoms with E-state index in [9.17, 15) is 15.3 Å². The van der Waals surface area contributed by atoms with Crippen molar-refractivity contribution in [2.24, 2.45) is 0 Å². The normalized spacial score (nSPS) is 18.9. The lowest BCUT2D eigenvalue weighted by Crippen LogP contribution is -2.66. The van der Waals surface area contributed by atoms with Gasteiger partial charge in [0.1, 0.15) is 43.0 Å². The molecule has 0 spiro atoms. The lowest BCUT2D eigenvalue weighted by molar-refractivity contribution is -0.0400. The number of piperidine rings is 1. The quantitative estimate of drug-likeness (QED) is 0.0586. The molecule has 0 N–H and O–H groups in total. The van der Waals surface area contributed by atoms with E-state index in [1.54, 1.807) is 12.7 Å². The summed E-state index contributed by atoms with van der Waals surface area (Å²) in [7, 11) is -2.24. The number of nitriles is 2. The molecule has 4 aliphatic heterocycles. The maximum absolute atomic E-state index is 12.5. The number of likely N-dealkylation sites (tertiary alicyclic amines) is 3. The van der Waals surface area contributed by atoms with Crippen molar-refractivity contribution < 1.29 is 23.7 Å². The van der Waals surface area contributed by atoms with Crippen LogP contribution in [0.1, 0.15) is 91.4 Å². The van der Waals surface area contributed by atoms with Gasteiger partial charge < -0.3 is 42.1 Å². The zero-order valence-electron chi connectivity index (χ0n) is 50.6. The molecule has 10 heterocycles. The van der Waals surface area contributed by atoms with Crippen LogP contribution < -0.4 is 0 Å². The van der Waals surface area contributed by atoms with E-state index in [4.69, 9.17) is 18.9 Å². The van der Waals surface area contributed by atoms with Gasteiger partial charge in [0, 0.05) is 153 Å². The van der Waals surface area contributed by atoms with Gasteiger partial charge in [-0.1, -0.05) is 58.5 Å². The number of nitrogens with zero attached hydrogens (tertiary/aromatic N) is 13. The first-order chi connectivity index (χ1) is 39.3. The first kappa shape index (κ1) is 60.9. The van der Waals surface area contributed by atoms with Crippen molar-refractivity contribution in [2.75, 3.05) is 65.7 Å². The van der Waals surface area contributed by atoms with Crippen LogP contribution in [0, 0.1) is 22.7 Å². The standard InChI is InChI=1S/C31H45N7O3Si.C27H38N6OSi.C4H8O/c1-30(2,3)41-29(39)35-13-8-25(9-14-35)37-20-31(21-37,11-12-32)38-16-7-24(19-38)27-26-10-15-36(28(26)34-22-33-27)23-40-17-18-42(4,5)6;1-35(2,3)16-15-34-21-31-13-10-24-25(29-20-30-26(24)31)22-9-14-33(17-22)27(11-12-28)18-32(19-27)23-7-5-4-6-8-23;1-2-4-5-3-1/h7,10,15-16,19,22,25H,8-9,11,13-14,17-18,20-21,23H2,1-6H3;9-10,13-14,17,20,23H,4-8,11,15-16,18-19,21H2,1-3H3;1-4H2. The van der Waals surface area contributed by atoms with Crippen molar-refractivity contribution in [2.45, 2.75) is 185 Å². The average Bonchev–Trinajstić information content (AvgIpc) is 2.51. The molecule has 5 aliphatic rings. The topological polar surface area (TPSA) is 183 Å². The summed E-state index contributed by atoms with van der Waals surface area (Å²) in [5.74, 6) is 0. The molecule has 442 valence electrons. The maximum atomic E-state index is 12.5. The second kappa shape index (κ2) is 26.5. The van der Waals surface area contributed by atoms with E-state index in [-0.39, 0.29) is 17.2 Å². The van der Waals surface area contributed by atoms with Crippen LogP contribution in [0.4, 0.5) is 4.79 Å². The second-order valence-electron chi connectivity index (χ2n) is 27.0. The van der Waals surface area contributed by atoms with E-state index in [0.717, 1.165) is 122 Å². The van der Waals surface area contributed by atoms with Gasteiger partial charge in [0.25, 0.3) is 0 Å². The minimum absolute atomic E-state index is 0.132. The van der Waals surface area contributed by atoms with E-state index < -0.39 is 21.7 Å². The smallest absolute Gasteiger partial charge is 0.410 e. The first-order valence-electron chi connectivity index (χ1n) is 30.2. The summed E-state index contributed by atoms with van der Waals surface area (Å²) in [6, 6.07) is 16.6. The Morgan fingerprint density at radius 3 is 1.49 bits per heavy atom. The SMILES string of the molecule is C1CCOC1.CC(C)(C)OC(=O)N1CCC(N2CC(CC#N)(n3ccc(-c4ncnc5c4ccn5COCC[Si](C)(C)C)c3)C2)CC1.C[Si](C)(C)CCOCn1ccc2c(-c3ccn(C4(CC#N)CN(C5CCCCC5)C4)c3)ncnc21. The van der Waals surface area contributed by atoms with Gasteiger partial charge in [-0.05, 0) is 95.6 Å². The third-order valence-electron chi connectivity index (χ3n) is 17.0. The van der Waals surface area contributed by atoms with Crippen molar-refractivity contribution in [1.29, 1.82) is 10.5 Å². The van der Waals surface area contributed by atoms with Gasteiger partial charge in [-0.3, -0.25) is 9.80 Å². The van der Waals surface area contributed by atoms with Crippen LogP contribution in [-0.4, -0.2) is 159 Å². The van der Waals surface area contributed by atoms with Gasteiger partial charge in [0.2, 0.25) is 0 Å². The number of rotatable bonds is 18. The summed E-state index contributed by atoms with van der Waals surface area (Å²) < 4.78 is 31.0. The Kier molecular flexibility index (Phi) is 19.6. The monoisotopic (exact) mass is 1150 g/mol. The first-order valence-corrected chi connectivity index (χ1v) is 37.6. The number of fused-ring (bicyclic) bond motifs is 2. The molecule has 1 saturated carbocycles. The third-order valence-corrected chi connectivity index (χ3v) is 20.4. The lowest BCUT2D eigenvalue weighted by Gasteiger charge is -2.54.